The molecule has 0 saturated carbocycles. The Kier molecular flexibility index (Phi) is 4.49. The Hall–Kier alpha value is -1.66. The molecule has 0 spiro atoms. The zero-order valence-corrected chi connectivity index (χ0v) is 12.9. The third-order valence-electron chi connectivity index (χ3n) is 3.02. The first-order valence-electron chi connectivity index (χ1n) is 6.22. The van der Waals surface area contributed by atoms with Crippen LogP contribution in [0.4, 0.5) is 4.39 Å². The highest BCUT2D eigenvalue weighted by molar-refractivity contribution is 7.21. The lowest BCUT2D eigenvalue weighted by Crippen LogP contribution is -2.44. The fraction of sp³-hybridized carbons (Fsp3) is 0.286. The zero-order valence-electron chi connectivity index (χ0n) is 11.3. The minimum absolute atomic E-state index is 0.184. The Morgan fingerprint density at radius 1 is 1.38 bits per heavy atom. The number of halogens is 2. The van der Waals surface area contributed by atoms with Gasteiger partial charge in [0.25, 0.3) is 5.91 Å². The van der Waals surface area contributed by atoms with Gasteiger partial charge in [-0.3, -0.25) is 4.79 Å². The number of hydrogen-bond donors (Lipinski definition) is 2. The standard InChI is InChI=1S/C14H13ClFNO3S/c1-6(2)11(14(19)20)17-13(18)12-10(15)8-4-3-7(16)5-9(8)21-12/h3-6,11H,1-2H3,(H,17,18)(H,19,20). The maximum atomic E-state index is 13.2. The van der Waals surface area contributed by atoms with E-state index < -0.39 is 23.7 Å². The van der Waals surface area contributed by atoms with E-state index in [4.69, 9.17) is 16.7 Å². The van der Waals surface area contributed by atoms with Gasteiger partial charge in [-0.15, -0.1) is 11.3 Å². The van der Waals surface area contributed by atoms with Crippen molar-refractivity contribution in [2.75, 3.05) is 0 Å². The van der Waals surface area contributed by atoms with E-state index in [1.807, 2.05) is 0 Å². The van der Waals surface area contributed by atoms with Crippen molar-refractivity contribution >= 4 is 44.9 Å². The summed E-state index contributed by atoms with van der Waals surface area (Å²) in [5, 5.41) is 12.3. The lowest BCUT2D eigenvalue weighted by molar-refractivity contribution is -0.140. The Labute approximate surface area is 129 Å². The molecule has 0 saturated heterocycles. The molecule has 1 unspecified atom stereocenters. The number of aliphatic carboxylic acids is 1. The molecule has 7 heteroatoms. The second kappa shape index (κ2) is 5.99. The van der Waals surface area contributed by atoms with Crippen LogP contribution in [0.25, 0.3) is 10.1 Å². The largest absolute Gasteiger partial charge is 0.480 e. The van der Waals surface area contributed by atoms with Gasteiger partial charge in [0.2, 0.25) is 0 Å². The van der Waals surface area contributed by atoms with Gasteiger partial charge in [-0.1, -0.05) is 25.4 Å². The summed E-state index contributed by atoms with van der Waals surface area (Å²) in [5.41, 5.74) is 0. The number of hydrogen-bond acceptors (Lipinski definition) is 3. The number of rotatable bonds is 4. The van der Waals surface area contributed by atoms with E-state index in [1.165, 1.54) is 18.2 Å². The second-order valence-electron chi connectivity index (χ2n) is 4.92. The molecular formula is C14H13ClFNO3S. The van der Waals surface area contributed by atoms with Crippen molar-refractivity contribution in [2.24, 2.45) is 5.92 Å². The molecule has 1 aromatic heterocycles. The molecule has 1 atom stereocenters. The highest BCUT2D eigenvalue weighted by Gasteiger charge is 2.26. The molecule has 2 N–H and O–H groups in total. The van der Waals surface area contributed by atoms with Crippen LogP contribution in [0, 0.1) is 11.7 Å². The molecule has 0 aliphatic carbocycles. The number of carboxylic acids is 1. The minimum atomic E-state index is -1.11. The van der Waals surface area contributed by atoms with E-state index in [0.717, 1.165) is 11.3 Å². The van der Waals surface area contributed by atoms with E-state index in [9.17, 15) is 14.0 Å². The van der Waals surface area contributed by atoms with Crippen LogP contribution < -0.4 is 5.32 Å². The van der Waals surface area contributed by atoms with Gasteiger partial charge in [-0.05, 0) is 24.1 Å². The Morgan fingerprint density at radius 2 is 2.05 bits per heavy atom. The van der Waals surface area contributed by atoms with Crippen LogP contribution >= 0.6 is 22.9 Å². The molecule has 0 fully saturated rings. The summed E-state index contributed by atoms with van der Waals surface area (Å²) < 4.78 is 13.7. The number of benzene rings is 1. The van der Waals surface area contributed by atoms with Crippen molar-refractivity contribution in [3.8, 4) is 0 Å². The summed E-state index contributed by atoms with van der Waals surface area (Å²) in [6.07, 6.45) is 0. The van der Waals surface area contributed by atoms with Gasteiger partial charge in [0.1, 0.15) is 16.7 Å². The Bertz CT molecular complexity index is 714. The molecule has 112 valence electrons. The quantitative estimate of drug-likeness (QED) is 0.901. The Morgan fingerprint density at radius 3 is 2.62 bits per heavy atom. The molecular weight excluding hydrogens is 317 g/mol. The summed E-state index contributed by atoms with van der Waals surface area (Å²) in [7, 11) is 0. The van der Waals surface area contributed by atoms with Crippen LogP contribution in [0.2, 0.25) is 5.02 Å². The molecule has 0 aliphatic heterocycles. The van der Waals surface area contributed by atoms with Crippen LogP contribution in [0.5, 0.6) is 0 Å². The SMILES string of the molecule is CC(C)C(NC(=O)c1sc2cc(F)ccc2c1Cl)C(=O)O. The summed E-state index contributed by atoms with van der Waals surface area (Å²) in [4.78, 5) is 23.5. The number of carbonyl (C=O) groups is 2. The summed E-state index contributed by atoms with van der Waals surface area (Å²) in [6.45, 7) is 3.39. The van der Waals surface area contributed by atoms with Gasteiger partial charge in [0, 0.05) is 10.1 Å². The van der Waals surface area contributed by atoms with Gasteiger partial charge in [-0.25, -0.2) is 9.18 Å². The second-order valence-corrected chi connectivity index (χ2v) is 6.35. The number of thiophene rings is 1. The summed E-state index contributed by atoms with van der Waals surface area (Å²) in [5.74, 6) is -2.36. The van der Waals surface area contributed by atoms with Gasteiger partial charge in [0.05, 0.1) is 5.02 Å². The van der Waals surface area contributed by atoms with Crippen molar-refractivity contribution < 1.29 is 19.1 Å². The molecule has 1 aromatic carbocycles. The molecule has 0 bridgehead atoms. The number of nitrogens with one attached hydrogen (secondary N) is 1. The average Bonchev–Trinajstić information content (AvgIpc) is 2.71. The normalized spacial score (nSPS) is 12.6. The summed E-state index contributed by atoms with van der Waals surface area (Å²) in [6, 6.07) is 3.05. The van der Waals surface area contributed by atoms with Crippen LogP contribution in [0.1, 0.15) is 23.5 Å². The fourth-order valence-corrected chi connectivity index (χ4v) is 3.35. The van der Waals surface area contributed by atoms with E-state index in [2.05, 4.69) is 5.32 Å². The number of amides is 1. The first-order valence-corrected chi connectivity index (χ1v) is 7.42. The van der Waals surface area contributed by atoms with Crippen molar-refractivity contribution in [1.82, 2.24) is 5.32 Å². The average molecular weight is 330 g/mol. The van der Waals surface area contributed by atoms with E-state index in [0.29, 0.717) is 10.1 Å². The first kappa shape index (κ1) is 15.7. The van der Waals surface area contributed by atoms with E-state index in [-0.39, 0.29) is 15.8 Å². The first-order chi connectivity index (χ1) is 9.81. The van der Waals surface area contributed by atoms with Crippen molar-refractivity contribution in [3.63, 3.8) is 0 Å². The molecule has 2 rings (SSSR count). The monoisotopic (exact) mass is 329 g/mol. The van der Waals surface area contributed by atoms with Crippen LogP contribution in [0.3, 0.4) is 0 Å². The Balaban J connectivity index is 2.35. The highest BCUT2D eigenvalue weighted by Crippen LogP contribution is 2.35. The predicted molar refractivity (Wildman–Crippen MR) is 80.5 cm³/mol. The molecule has 2 aromatic rings. The van der Waals surface area contributed by atoms with E-state index in [1.54, 1.807) is 13.8 Å². The van der Waals surface area contributed by atoms with Crippen LogP contribution in [-0.2, 0) is 4.79 Å². The maximum absolute atomic E-state index is 13.2. The summed E-state index contributed by atoms with van der Waals surface area (Å²) >= 11 is 7.16. The highest BCUT2D eigenvalue weighted by atomic mass is 35.5. The third kappa shape index (κ3) is 3.16. The lowest BCUT2D eigenvalue weighted by atomic mass is 10.0. The molecule has 0 aliphatic rings. The molecule has 0 radical (unpaired) electrons. The number of carbonyl (C=O) groups excluding carboxylic acids is 1. The molecule has 21 heavy (non-hydrogen) atoms. The van der Waals surface area contributed by atoms with Gasteiger partial charge < -0.3 is 10.4 Å². The molecule has 1 amide bonds. The fourth-order valence-electron chi connectivity index (χ4n) is 1.91. The minimum Gasteiger partial charge on any atom is -0.480 e. The number of carboxylic acid groups (broad SMARTS) is 1. The van der Waals surface area contributed by atoms with Crippen LogP contribution in [-0.4, -0.2) is 23.0 Å². The topological polar surface area (TPSA) is 66.4 Å². The lowest BCUT2D eigenvalue weighted by Gasteiger charge is -2.17. The van der Waals surface area contributed by atoms with Gasteiger partial charge >= 0.3 is 5.97 Å². The van der Waals surface area contributed by atoms with Gasteiger partial charge in [-0.2, -0.15) is 0 Å². The van der Waals surface area contributed by atoms with E-state index >= 15 is 0 Å². The zero-order chi connectivity index (χ0) is 15.7. The van der Waals surface area contributed by atoms with Crippen molar-refractivity contribution in [3.05, 3.63) is 33.9 Å². The van der Waals surface area contributed by atoms with Crippen molar-refractivity contribution in [1.29, 1.82) is 0 Å². The predicted octanol–water partition coefficient (Wildman–Crippen LogP) is 3.53. The smallest absolute Gasteiger partial charge is 0.326 e. The maximum Gasteiger partial charge on any atom is 0.326 e. The number of fused-ring (bicyclic) bond motifs is 1. The van der Waals surface area contributed by atoms with Crippen LogP contribution in [0.15, 0.2) is 18.2 Å². The molecule has 1 heterocycles. The van der Waals surface area contributed by atoms with Crippen molar-refractivity contribution in [2.45, 2.75) is 19.9 Å². The van der Waals surface area contributed by atoms with Gasteiger partial charge in [0.15, 0.2) is 0 Å². The third-order valence-corrected chi connectivity index (χ3v) is 4.67. The molecule has 4 nitrogen and oxygen atoms in total.